The molecule has 0 bridgehead atoms. The third kappa shape index (κ3) is 4.80. The lowest BCUT2D eigenvalue weighted by Gasteiger charge is -2.13. The molecular weight excluding hydrogens is 290 g/mol. The van der Waals surface area contributed by atoms with Crippen molar-refractivity contribution in [3.05, 3.63) is 24.2 Å². The van der Waals surface area contributed by atoms with Gasteiger partial charge in [-0.2, -0.15) is 0 Å². The van der Waals surface area contributed by atoms with E-state index in [2.05, 4.69) is 16.0 Å². The van der Waals surface area contributed by atoms with Gasteiger partial charge in [-0.3, -0.25) is 9.59 Å². The number of nitrogens with one attached hydrogen (secondary N) is 3. The Morgan fingerprint density at radius 1 is 1.27 bits per heavy atom. The first-order valence-electron chi connectivity index (χ1n) is 7.11. The van der Waals surface area contributed by atoms with Crippen LogP contribution in [0.3, 0.4) is 0 Å². The number of carboxylic acid groups (broad SMARTS) is 1. The third-order valence-electron chi connectivity index (χ3n) is 3.56. The number of carbonyl (C=O) groups is 3. The Labute approximate surface area is 127 Å². The Morgan fingerprint density at radius 3 is 2.73 bits per heavy atom. The van der Waals surface area contributed by atoms with Crippen molar-refractivity contribution in [1.82, 2.24) is 16.0 Å². The lowest BCUT2D eigenvalue weighted by Crippen LogP contribution is -2.44. The summed E-state index contributed by atoms with van der Waals surface area (Å²) < 4.78 is 5.06. The SMILES string of the molecule is O=C(CNC(=O)NCc1ccco1)N[C@@H]1CC[C@H](C(=O)O)C1. The number of urea groups is 1. The maximum Gasteiger partial charge on any atom is 0.315 e. The number of rotatable bonds is 6. The molecule has 0 aliphatic heterocycles. The first kappa shape index (κ1) is 15.9. The molecule has 0 unspecified atom stereocenters. The normalized spacial score (nSPS) is 20.4. The van der Waals surface area contributed by atoms with E-state index >= 15 is 0 Å². The van der Waals surface area contributed by atoms with E-state index in [1.807, 2.05) is 0 Å². The second-order valence-corrected chi connectivity index (χ2v) is 5.23. The average molecular weight is 309 g/mol. The van der Waals surface area contributed by atoms with Crippen molar-refractivity contribution in [3.63, 3.8) is 0 Å². The summed E-state index contributed by atoms with van der Waals surface area (Å²) in [7, 11) is 0. The molecule has 0 saturated heterocycles. The van der Waals surface area contributed by atoms with E-state index in [9.17, 15) is 14.4 Å². The summed E-state index contributed by atoms with van der Waals surface area (Å²) in [5, 5.41) is 16.6. The summed E-state index contributed by atoms with van der Waals surface area (Å²) in [6, 6.07) is 2.84. The van der Waals surface area contributed by atoms with Gasteiger partial charge in [0, 0.05) is 6.04 Å². The van der Waals surface area contributed by atoms with Gasteiger partial charge in [-0.25, -0.2) is 4.79 Å². The fraction of sp³-hybridized carbons (Fsp3) is 0.500. The molecule has 22 heavy (non-hydrogen) atoms. The van der Waals surface area contributed by atoms with Crippen LogP contribution in [-0.2, 0) is 16.1 Å². The molecule has 120 valence electrons. The summed E-state index contributed by atoms with van der Waals surface area (Å²) in [5.74, 6) is -0.934. The van der Waals surface area contributed by atoms with Crippen LogP contribution in [0, 0.1) is 5.92 Å². The molecule has 1 aliphatic rings. The molecule has 3 amide bonds. The molecule has 1 aromatic heterocycles. The average Bonchev–Trinajstić information content (AvgIpc) is 3.14. The zero-order chi connectivity index (χ0) is 15.9. The minimum absolute atomic E-state index is 0.137. The standard InChI is InChI=1S/C14H19N3O5/c18-12(17-10-4-3-9(6-10)13(19)20)8-16-14(21)15-7-11-2-1-5-22-11/h1-2,5,9-10H,3-4,6-8H2,(H,17,18)(H,19,20)(H2,15,16,21)/t9-,10+/m0/s1. The molecule has 2 rings (SSSR count). The van der Waals surface area contributed by atoms with E-state index in [0.29, 0.717) is 25.0 Å². The Balaban J connectivity index is 1.61. The fourth-order valence-electron chi connectivity index (χ4n) is 2.42. The van der Waals surface area contributed by atoms with Gasteiger partial charge in [-0.15, -0.1) is 0 Å². The van der Waals surface area contributed by atoms with Crippen molar-refractivity contribution >= 4 is 17.9 Å². The van der Waals surface area contributed by atoms with E-state index in [4.69, 9.17) is 9.52 Å². The van der Waals surface area contributed by atoms with Gasteiger partial charge in [-0.1, -0.05) is 0 Å². The van der Waals surface area contributed by atoms with Gasteiger partial charge in [0.25, 0.3) is 0 Å². The molecule has 8 heteroatoms. The summed E-state index contributed by atoms with van der Waals surface area (Å²) in [5.41, 5.74) is 0. The number of furan rings is 1. The van der Waals surface area contributed by atoms with Gasteiger partial charge in [0.1, 0.15) is 5.76 Å². The monoisotopic (exact) mass is 309 g/mol. The lowest BCUT2D eigenvalue weighted by molar-refractivity contribution is -0.141. The molecule has 8 nitrogen and oxygen atoms in total. The van der Waals surface area contributed by atoms with Crippen LogP contribution in [0.15, 0.2) is 22.8 Å². The van der Waals surface area contributed by atoms with Gasteiger partial charge in [-0.05, 0) is 31.4 Å². The van der Waals surface area contributed by atoms with Gasteiger partial charge < -0.3 is 25.5 Å². The topological polar surface area (TPSA) is 121 Å². The number of aliphatic carboxylic acids is 1. The van der Waals surface area contributed by atoms with Crippen LogP contribution in [0.1, 0.15) is 25.0 Å². The van der Waals surface area contributed by atoms with E-state index in [0.717, 1.165) is 0 Å². The zero-order valence-electron chi connectivity index (χ0n) is 12.0. The van der Waals surface area contributed by atoms with Crippen LogP contribution >= 0.6 is 0 Å². The molecule has 0 aromatic carbocycles. The van der Waals surface area contributed by atoms with Crippen molar-refractivity contribution in [1.29, 1.82) is 0 Å². The molecule has 0 radical (unpaired) electrons. The highest BCUT2D eigenvalue weighted by molar-refractivity contribution is 5.84. The summed E-state index contributed by atoms with van der Waals surface area (Å²) in [6.45, 7) is 0.0849. The Bertz CT molecular complexity index is 529. The van der Waals surface area contributed by atoms with Crippen molar-refractivity contribution in [2.75, 3.05) is 6.54 Å². The van der Waals surface area contributed by atoms with E-state index in [-0.39, 0.29) is 25.0 Å². The largest absolute Gasteiger partial charge is 0.481 e. The summed E-state index contributed by atoms with van der Waals surface area (Å²) >= 11 is 0. The van der Waals surface area contributed by atoms with Crippen LogP contribution in [-0.4, -0.2) is 35.6 Å². The van der Waals surface area contributed by atoms with Crippen LogP contribution in [0.25, 0.3) is 0 Å². The van der Waals surface area contributed by atoms with Crippen molar-refractivity contribution in [3.8, 4) is 0 Å². The third-order valence-corrected chi connectivity index (χ3v) is 3.56. The van der Waals surface area contributed by atoms with Crippen LogP contribution in [0.2, 0.25) is 0 Å². The van der Waals surface area contributed by atoms with Gasteiger partial charge >= 0.3 is 12.0 Å². The van der Waals surface area contributed by atoms with Crippen molar-refractivity contribution < 1.29 is 23.9 Å². The molecule has 4 N–H and O–H groups in total. The minimum atomic E-state index is -0.827. The van der Waals surface area contributed by atoms with Crippen LogP contribution < -0.4 is 16.0 Å². The molecular formula is C14H19N3O5. The zero-order valence-corrected chi connectivity index (χ0v) is 12.0. The highest BCUT2D eigenvalue weighted by Crippen LogP contribution is 2.25. The van der Waals surface area contributed by atoms with E-state index < -0.39 is 17.9 Å². The van der Waals surface area contributed by atoms with Gasteiger partial charge in [0.05, 0.1) is 25.3 Å². The number of hydrogen-bond donors (Lipinski definition) is 4. The second kappa shape index (κ2) is 7.48. The molecule has 2 atom stereocenters. The van der Waals surface area contributed by atoms with E-state index in [1.165, 1.54) is 6.26 Å². The summed E-state index contributed by atoms with van der Waals surface area (Å²) in [6.07, 6.45) is 3.16. The number of hydrogen-bond acceptors (Lipinski definition) is 4. The number of amides is 3. The predicted octanol–water partition coefficient (Wildman–Crippen LogP) is 0.448. The van der Waals surface area contributed by atoms with E-state index in [1.54, 1.807) is 12.1 Å². The minimum Gasteiger partial charge on any atom is -0.481 e. The summed E-state index contributed by atoms with van der Waals surface area (Å²) in [4.78, 5) is 34.0. The highest BCUT2D eigenvalue weighted by atomic mass is 16.4. The van der Waals surface area contributed by atoms with Crippen molar-refractivity contribution in [2.45, 2.75) is 31.8 Å². The molecule has 1 fully saturated rings. The Hall–Kier alpha value is -2.51. The van der Waals surface area contributed by atoms with Crippen LogP contribution in [0.4, 0.5) is 4.79 Å². The Morgan fingerprint density at radius 2 is 2.09 bits per heavy atom. The quantitative estimate of drug-likeness (QED) is 0.608. The predicted molar refractivity (Wildman–Crippen MR) is 75.9 cm³/mol. The maximum absolute atomic E-state index is 11.7. The smallest absolute Gasteiger partial charge is 0.315 e. The molecule has 1 aromatic rings. The van der Waals surface area contributed by atoms with Crippen molar-refractivity contribution in [2.24, 2.45) is 5.92 Å². The molecule has 1 heterocycles. The first-order chi connectivity index (χ1) is 10.5. The fourth-order valence-corrected chi connectivity index (χ4v) is 2.42. The first-order valence-corrected chi connectivity index (χ1v) is 7.11. The van der Waals surface area contributed by atoms with Crippen LogP contribution in [0.5, 0.6) is 0 Å². The van der Waals surface area contributed by atoms with Gasteiger partial charge in [0.2, 0.25) is 5.91 Å². The lowest BCUT2D eigenvalue weighted by atomic mass is 10.1. The number of carbonyl (C=O) groups excluding carboxylic acids is 2. The second-order valence-electron chi connectivity index (χ2n) is 5.23. The highest BCUT2D eigenvalue weighted by Gasteiger charge is 2.30. The van der Waals surface area contributed by atoms with Gasteiger partial charge in [0.15, 0.2) is 0 Å². The molecule has 1 aliphatic carbocycles. The maximum atomic E-state index is 11.7. The molecule has 0 spiro atoms. The number of carboxylic acids is 1. The molecule has 1 saturated carbocycles. The Kier molecular flexibility index (Phi) is 5.40.